The number of aromatic nitrogens is 3. The molecule has 346 valence electrons. The van der Waals surface area contributed by atoms with E-state index < -0.39 is 148 Å². The molecule has 61 heavy (non-hydrogen) atoms. The van der Waals surface area contributed by atoms with Crippen LogP contribution in [0.2, 0.25) is 0 Å². The standard InChI is InChI=1S/C34H55N7O20/c35-30(54)31-38-14-41(40-31)33-28(52)26(50)19(60-33)13-58-22(47)10-37-32(55)15(39-21(46)5-8-57-34-29(53)27(51)25(49)18(12-43)61-34)3-1-2-6-36-20(45)4-7-56-23-9-16(44)24(48)17(11-42)59-23/h14-19,23-29,33-34,42-44,48-53H,1-13H2,(H2,35,54)(H,36,45)(H,37,55)(H,39,46)/t15-,16?,17?,18?,19?,23?,24?,25?,26+,27?,28+,29?,33?,34?/m0/s1. The number of amides is 4. The summed E-state index contributed by atoms with van der Waals surface area (Å²) in [6.45, 7) is -2.83. The van der Waals surface area contributed by atoms with Crippen molar-refractivity contribution in [3.05, 3.63) is 12.2 Å². The van der Waals surface area contributed by atoms with Gasteiger partial charge in [0, 0.05) is 13.0 Å². The molecule has 27 heteroatoms. The van der Waals surface area contributed by atoms with Crippen LogP contribution in [0.5, 0.6) is 0 Å². The van der Waals surface area contributed by atoms with E-state index in [9.17, 15) is 69.9 Å². The number of primary amides is 1. The van der Waals surface area contributed by atoms with Crippen molar-refractivity contribution in [3.63, 3.8) is 0 Å². The van der Waals surface area contributed by atoms with E-state index in [1.54, 1.807) is 0 Å². The third-order valence-electron chi connectivity index (χ3n) is 9.84. The molecule has 3 aliphatic rings. The molecule has 14 atom stereocenters. The fraction of sp³-hybridized carbons (Fsp3) is 0.794. The Kier molecular flexibility index (Phi) is 19.5. The van der Waals surface area contributed by atoms with Gasteiger partial charge in [-0.2, -0.15) is 0 Å². The maximum absolute atomic E-state index is 13.2. The third-order valence-corrected chi connectivity index (χ3v) is 9.84. The van der Waals surface area contributed by atoms with Gasteiger partial charge in [-0.25, -0.2) is 9.67 Å². The molecule has 3 saturated heterocycles. The minimum absolute atomic E-state index is 0.0134. The smallest absolute Gasteiger partial charge is 0.325 e. The summed E-state index contributed by atoms with van der Waals surface area (Å²) >= 11 is 0. The van der Waals surface area contributed by atoms with Crippen molar-refractivity contribution in [3.8, 4) is 0 Å². The van der Waals surface area contributed by atoms with Gasteiger partial charge in [0.15, 0.2) is 18.8 Å². The molecule has 0 spiro atoms. The Labute approximate surface area is 347 Å². The fourth-order valence-electron chi connectivity index (χ4n) is 6.36. The molecule has 1 aromatic rings. The molecule has 0 aliphatic carbocycles. The summed E-state index contributed by atoms with van der Waals surface area (Å²) in [4.78, 5) is 66.0. The number of nitrogens with zero attached hydrogens (tertiary/aromatic N) is 3. The summed E-state index contributed by atoms with van der Waals surface area (Å²) in [5.74, 6) is -4.22. The number of rotatable bonds is 23. The van der Waals surface area contributed by atoms with Crippen molar-refractivity contribution in [1.29, 1.82) is 0 Å². The highest BCUT2D eigenvalue weighted by molar-refractivity contribution is 5.89. The number of hydrogen-bond donors (Lipinski definition) is 13. The van der Waals surface area contributed by atoms with Gasteiger partial charge in [0.05, 0.1) is 45.4 Å². The van der Waals surface area contributed by atoms with Crippen molar-refractivity contribution in [2.24, 2.45) is 5.73 Å². The van der Waals surface area contributed by atoms with Gasteiger partial charge in [-0.1, -0.05) is 0 Å². The van der Waals surface area contributed by atoms with Crippen molar-refractivity contribution >= 4 is 29.6 Å². The number of carbonyl (C=O) groups excluding carboxylic acids is 5. The average Bonchev–Trinajstić information content (AvgIpc) is 3.84. The second-order valence-corrected chi connectivity index (χ2v) is 14.3. The zero-order valence-corrected chi connectivity index (χ0v) is 32.8. The van der Waals surface area contributed by atoms with Crippen LogP contribution in [0.4, 0.5) is 0 Å². The summed E-state index contributed by atoms with van der Waals surface area (Å²) < 4.78 is 33.0. The number of carbonyl (C=O) groups is 5. The van der Waals surface area contributed by atoms with Crippen LogP contribution < -0.4 is 21.7 Å². The van der Waals surface area contributed by atoms with Gasteiger partial charge < -0.3 is 96.1 Å². The molecule has 1 aromatic heterocycles. The maximum atomic E-state index is 13.2. The third kappa shape index (κ3) is 14.2. The highest BCUT2D eigenvalue weighted by Crippen LogP contribution is 2.29. The molecule has 3 fully saturated rings. The summed E-state index contributed by atoms with van der Waals surface area (Å²) in [5.41, 5.74) is 5.13. The summed E-state index contributed by atoms with van der Waals surface area (Å²) in [6.07, 6.45) is -16.7. The average molecular weight is 882 g/mol. The molecule has 4 heterocycles. The monoisotopic (exact) mass is 881 g/mol. The molecule has 0 radical (unpaired) electrons. The maximum Gasteiger partial charge on any atom is 0.325 e. The molecule has 11 unspecified atom stereocenters. The number of nitrogens with two attached hydrogens (primary N) is 1. The second-order valence-electron chi connectivity index (χ2n) is 14.3. The van der Waals surface area contributed by atoms with Gasteiger partial charge in [0.2, 0.25) is 23.5 Å². The van der Waals surface area contributed by atoms with Crippen LogP contribution in [0.1, 0.15) is 55.4 Å². The highest BCUT2D eigenvalue weighted by atomic mass is 16.7. The molecule has 4 rings (SSSR count). The molecule has 0 aromatic carbocycles. The van der Waals surface area contributed by atoms with E-state index in [0.29, 0.717) is 6.42 Å². The lowest BCUT2D eigenvalue weighted by Crippen LogP contribution is -2.59. The van der Waals surface area contributed by atoms with Crippen molar-refractivity contribution in [2.75, 3.05) is 46.1 Å². The molecule has 0 bridgehead atoms. The Morgan fingerprint density at radius 2 is 1.48 bits per heavy atom. The van der Waals surface area contributed by atoms with E-state index in [2.05, 4.69) is 26.0 Å². The van der Waals surface area contributed by atoms with Gasteiger partial charge in [-0.3, -0.25) is 24.0 Å². The minimum atomic E-state index is -1.71. The first kappa shape index (κ1) is 49.6. The van der Waals surface area contributed by atoms with Crippen LogP contribution in [0.3, 0.4) is 0 Å². The van der Waals surface area contributed by atoms with E-state index in [0.717, 1.165) is 11.0 Å². The van der Waals surface area contributed by atoms with Gasteiger partial charge in [-0.15, -0.1) is 5.10 Å². The van der Waals surface area contributed by atoms with Crippen molar-refractivity contribution < 1.29 is 98.4 Å². The van der Waals surface area contributed by atoms with Crippen LogP contribution >= 0.6 is 0 Å². The van der Waals surface area contributed by atoms with Crippen LogP contribution in [0, 0.1) is 0 Å². The molecular formula is C34H55N7O20. The largest absolute Gasteiger partial charge is 0.461 e. The predicted molar refractivity (Wildman–Crippen MR) is 195 cm³/mol. The lowest BCUT2D eigenvalue weighted by molar-refractivity contribution is -0.300. The first-order valence-electron chi connectivity index (χ1n) is 19.4. The number of nitrogens with one attached hydrogen (secondary N) is 3. The lowest BCUT2D eigenvalue weighted by Gasteiger charge is -2.39. The summed E-state index contributed by atoms with van der Waals surface area (Å²) in [6, 6.07) is -1.23. The molecule has 0 saturated carbocycles. The molecule has 4 amide bonds. The van der Waals surface area contributed by atoms with E-state index in [1.807, 2.05) is 0 Å². The molecular weight excluding hydrogens is 826 g/mol. The van der Waals surface area contributed by atoms with Gasteiger partial charge in [0.25, 0.3) is 5.91 Å². The van der Waals surface area contributed by atoms with Gasteiger partial charge >= 0.3 is 5.97 Å². The Balaban J connectivity index is 1.23. The normalized spacial score (nSPS) is 31.9. The van der Waals surface area contributed by atoms with Crippen LogP contribution in [-0.4, -0.2) is 216 Å². The number of aliphatic hydroxyl groups is 9. The van der Waals surface area contributed by atoms with Crippen LogP contribution in [0.15, 0.2) is 6.33 Å². The lowest BCUT2D eigenvalue weighted by atomic mass is 9.99. The van der Waals surface area contributed by atoms with E-state index in [-0.39, 0.29) is 51.1 Å². The Bertz CT molecular complexity index is 1590. The summed E-state index contributed by atoms with van der Waals surface area (Å²) in [5, 5.41) is 101. The molecule has 3 aliphatic heterocycles. The number of unbranched alkanes of at least 4 members (excludes halogenated alkanes) is 1. The van der Waals surface area contributed by atoms with Gasteiger partial charge in [0.1, 0.15) is 80.5 Å². The molecule has 27 nitrogen and oxygen atoms in total. The Morgan fingerprint density at radius 3 is 2.16 bits per heavy atom. The topological polar surface area (TPSA) is 416 Å². The number of aliphatic hydroxyl groups excluding tert-OH is 9. The zero-order valence-electron chi connectivity index (χ0n) is 32.8. The van der Waals surface area contributed by atoms with Crippen LogP contribution in [-0.2, 0) is 47.6 Å². The minimum Gasteiger partial charge on any atom is -0.461 e. The highest BCUT2D eigenvalue weighted by Gasteiger charge is 2.46. The fourth-order valence-corrected chi connectivity index (χ4v) is 6.36. The van der Waals surface area contributed by atoms with Crippen molar-refractivity contribution in [2.45, 2.75) is 124 Å². The predicted octanol–water partition coefficient (Wildman–Crippen LogP) is -8.13. The van der Waals surface area contributed by atoms with E-state index >= 15 is 0 Å². The quantitative estimate of drug-likeness (QED) is 0.0358. The van der Waals surface area contributed by atoms with E-state index in [1.165, 1.54) is 0 Å². The number of hydrogen-bond acceptors (Lipinski definition) is 22. The van der Waals surface area contributed by atoms with Crippen molar-refractivity contribution in [1.82, 2.24) is 30.7 Å². The van der Waals surface area contributed by atoms with E-state index in [4.69, 9.17) is 34.2 Å². The first-order chi connectivity index (χ1) is 29.0. The number of esters is 1. The summed E-state index contributed by atoms with van der Waals surface area (Å²) in [7, 11) is 0. The Morgan fingerprint density at radius 1 is 0.803 bits per heavy atom. The second kappa shape index (κ2) is 24.0. The first-order valence-corrected chi connectivity index (χ1v) is 19.4. The SMILES string of the molecule is NC(=O)c1ncn(C2OC(COC(=O)CNC(=O)[C@H](CCCCNC(=O)CCOC3CC(O)C(O)C(CO)O3)NC(=O)CCOC3OC(CO)C(O)C(O)C3O)[C@@H](O)[C@H]2O)n1. The van der Waals surface area contributed by atoms with Crippen LogP contribution in [0.25, 0.3) is 0 Å². The number of ether oxygens (including phenoxy) is 6. The Hall–Kier alpha value is -4.07. The molecule has 14 N–H and O–H groups in total. The zero-order chi connectivity index (χ0) is 44.8. The van der Waals surface area contributed by atoms with Gasteiger partial charge in [-0.05, 0) is 19.3 Å².